The average molecular weight is 347 g/mol. The molecule has 0 atom stereocenters. The van der Waals surface area contributed by atoms with E-state index in [-0.39, 0.29) is 0 Å². The molecule has 0 spiro atoms. The van der Waals surface area contributed by atoms with Crippen molar-refractivity contribution in [2.24, 2.45) is 0 Å². The van der Waals surface area contributed by atoms with Crippen LogP contribution in [0.5, 0.6) is 0 Å². The Kier molecular flexibility index (Phi) is 22.5. The number of thioether (sulfide) groups is 1. The van der Waals surface area contributed by atoms with Crippen LogP contribution in [-0.2, 0) is 4.74 Å². The van der Waals surface area contributed by atoms with Crippen LogP contribution in [0.2, 0.25) is 0 Å². The van der Waals surface area contributed by atoms with E-state index >= 15 is 0 Å². The molecule has 0 saturated heterocycles. The summed E-state index contributed by atoms with van der Waals surface area (Å²) >= 11 is 1.95. The van der Waals surface area contributed by atoms with Crippen molar-refractivity contribution < 1.29 is 9.84 Å². The van der Waals surface area contributed by atoms with Crippen molar-refractivity contribution in [3.8, 4) is 0 Å². The molecule has 23 heavy (non-hydrogen) atoms. The van der Waals surface area contributed by atoms with Crippen LogP contribution in [0.15, 0.2) is 0 Å². The van der Waals surface area contributed by atoms with Gasteiger partial charge in [0.05, 0.1) is 0 Å². The lowest BCUT2D eigenvalue weighted by Crippen LogP contribution is -1.98. The van der Waals surface area contributed by atoms with Crippen LogP contribution < -0.4 is 0 Å². The van der Waals surface area contributed by atoms with Crippen molar-refractivity contribution in [3.05, 3.63) is 0 Å². The molecule has 0 fully saturated rings. The quantitative estimate of drug-likeness (QED) is 0.266. The Balaban J connectivity index is 2.92. The van der Waals surface area contributed by atoms with Gasteiger partial charge in [-0.25, -0.2) is 0 Å². The zero-order chi connectivity index (χ0) is 16.8. The highest BCUT2D eigenvalue weighted by atomic mass is 32.2. The number of ether oxygens (including phenoxy) is 1. The number of hydrogen-bond donors (Lipinski definition) is 1. The molecule has 2 nitrogen and oxygen atoms in total. The highest BCUT2D eigenvalue weighted by Gasteiger charge is 1.94. The van der Waals surface area contributed by atoms with Crippen molar-refractivity contribution in [2.75, 3.05) is 31.3 Å². The Morgan fingerprint density at radius 1 is 0.609 bits per heavy atom. The molecular formula is C20H42O2S. The van der Waals surface area contributed by atoms with E-state index in [1.54, 1.807) is 0 Å². The van der Waals surface area contributed by atoms with Gasteiger partial charge in [-0.2, -0.15) is 11.8 Å². The van der Waals surface area contributed by atoms with Gasteiger partial charge in [0.1, 0.15) is 0 Å². The first kappa shape index (κ1) is 23.3. The summed E-state index contributed by atoms with van der Waals surface area (Å²) in [6, 6.07) is 0. The van der Waals surface area contributed by atoms with Gasteiger partial charge in [0.25, 0.3) is 0 Å². The van der Waals surface area contributed by atoms with Crippen LogP contribution in [0.25, 0.3) is 0 Å². The van der Waals surface area contributed by atoms with Crippen molar-refractivity contribution in [1.82, 2.24) is 0 Å². The molecule has 0 rings (SSSR count). The van der Waals surface area contributed by atoms with Crippen molar-refractivity contribution in [3.63, 3.8) is 0 Å². The van der Waals surface area contributed by atoms with Crippen molar-refractivity contribution >= 4 is 11.8 Å². The predicted octanol–water partition coefficient (Wildman–Crippen LogP) is 6.21. The second-order valence-corrected chi connectivity index (χ2v) is 7.77. The van der Waals surface area contributed by atoms with Crippen LogP contribution in [0.3, 0.4) is 0 Å². The maximum atomic E-state index is 8.68. The van der Waals surface area contributed by atoms with Gasteiger partial charge in [0.15, 0.2) is 0 Å². The summed E-state index contributed by atoms with van der Waals surface area (Å²) in [4.78, 5) is 0. The summed E-state index contributed by atoms with van der Waals surface area (Å²) in [7, 11) is 0. The largest absolute Gasteiger partial charge is 0.396 e. The van der Waals surface area contributed by atoms with E-state index in [9.17, 15) is 0 Å². The van der Waals surface area contributed by atoms with Crippen LogP contribution in [-0.4, -0.2) is 36.4 Å². The third-order valence-corrected chi connectivity index (χ3v) is 5.32. The maximum Gasteiger partial charge on any atom is 0.0466 e. The zero-order valence-corrected chi connectivity index (χ0v) is 16.5. The molecule has 0 aliphatic rings. The van der Waals surface area contributed by atoms with Gasteiger partial charge in [-0.15, -0.1) is 0 Å². The molecule has 1 N–H and O–H groups in total. The second kappa shape index (κ2) is 22.3. The minimum Gasteiger partial charge on any atom is -0.396 e. The number of hydrogen-bond acceptors (Lipinski definition) is 3. The Morgan fingerprint density at radius 2 is 1.09 bits per heavy atom. The van der Waals surface area contributed by atoms with Crippen LogP contribution in [0.4, 0.5) is 0 Å². The summed E-state index contributed by atoms with van der Waals surface area (Å²) < 4.78 is 5.69. The molecule has 0 heterocycles. The topological polar surface area (TPSA) is 29.5 Å². The van der Waals surface area contributed by atoms with Crippen LogP contribution in [0.1, 0.15) is 96.8 Å². The fourth-order valence-electron chi connectivity index (χ4n) is 2.65. The third kappa shape index (κ3) is 22.3. The first-order valence-electron chi connectivity index (χ1n) is 10.2. The Labute approximate surface area is 150 Å². The lowest BCUT2D eigenvalue weighted by atomic mass is 10.1. The highest BCUT2D eigenvalue weighted by Crippen LogP contribution is 2.11. The smallest absolute Gasteiger partial charge is 0.0466 e. The first-order valence-corrected chi connectivity index (χ1v) is 11.3. The monoisotopic (exact) mass is 346 g/mol. The van der Waals surface area contributed by atoms with Gasteiger partial charge < -0.3 is 9.84 Å². The van der Waals surface area contributed by atoms with Crippen molar-refractivity contribution in [1.29, 1.82) is 0 Å². The molecule has 3 heteroatoms. The zero-order valence-electron chi connectivity index (χ0n) is 15.7. The summed E-state index contributed by atoms with van der Waals surface area (Å²) in [6.07, 6.45) is 18.7. The SMILES string of the molecule is CCCCCCCCCCCCCOCCCCSCCCO. The van der Waals surface area contributed by atoms with E-state index in [0.29, 0.717) is 6.61 Å². The minimum atomic E-state index is 0.328. The first-order chi connectivity index (χ1) is 11.4. The van der Waals surface area contributed by atoms with Gasteiger partial charge in [0, 0.05) is 19.8 Å². The van der Waals surface area contributed by atoms with Gasteiger partial charge in [0.2, 0.25) is 0 Å². The van der Waals surface area contributed by atoms with Crippen molar-refractivity contribution in [2.45, 2.75) is 96.8 Å². The van der Waals surface area contributed by atoms with E-state index < -0.39 is 0 Å². The van der Waals surface area contributed by atoms with E-state index in [1.165, 1.54) is 89.2 Å². The summed E-state index contributed by atoms with van der Waals surface area (Å²) in [5.41, 5.74) is 0. The van der Waals surface area contributed by atoms with Gasteiger partial charge in [-0.05, 0) is 37.2 Å². The molecule has 0 aliphatic heterocycles. The molecule has 0 aromatic carbocycles. The molecule has 0 unspecified atom stereocenters. The summed E-state index contributed by atoms with van der Waals surface area (Å²) in [5.74, 6) is 2.30. The number of unbranched alkanes of at least 4 members (excludes halogenated alkanes) is 11. The molecule has 0 aliphatic carbocycles. The highest BCUT2D eigenvalue weighted by molar-refractivity contribution is 7.99. The van der Waals surface area contributed by atoms with E-state index in [2.05, 4.69) is 6.92 Å². The number of aliphatic hydroxyl groups is 1. The predicted molar refractivity (Wildman–Crippen MR) is 106 cm³/mol. The summed E-state index contributed by atoms with van der Waals surface area (Å²) in [6.45, 7) is 4.49. The van der Waals surface area contributed by atoms with E-state index in [1.807, 2.05) is 11.8 Å². The number of aliphatic hydroxyl groups excluding tert-OH is 1. The second-order valence-electron chi connectivity index (χ2n) is 6.54. The fourth-order valence-corrected chi connectivity index (χ4v) is 3.59. The minimum absolute atomic E-state index is 0.328. The lowest BCUT2D eigenvalue weighted by molar-refractivity contribution is 0.127. The lowest BCUT2D eigenvalue weighted by Gasteiger charge is -2.05. The van der Waals surface area contributed by atoms with Gasteiger partial charge in [-0.3, -0.25) is 0 Å². The Bertz CT molecular complexity index is 180. The van der Waals surface area contributed by atoms with E-state index in [0.717, 1.165) is 25.4 Å². The maximum absolute atomic E-state index is 8.68. The molecule has 0 bridgehead atoms. The van der Waals surface area contributed by atoms with E-state index in [4.69, 9.17) is 9.84 Å². The normalized spacial score (nSPS) is 11.2. The average Bonchev–Trinajstić information content (AvgIpc) is 2.57. The van der Waals surface area contributed by atoms with Crippen LogP contribution >= 0.6 is 11.8 Å². The molecule has 0 amide bonds. The molecule has 0 aromatic rings. The van der Waals surface area contributed by atoms with Crippen LogP contribution in [0, 0.1) is 0 Å². The standard InChI is InChI=1S/C20H42O2S/c1-2-3-4-5-6-7-8-9-10-11-12-17-22-18-13-14-19-23-20-15-16-21/h21H,2-20H2,1H3. The molecule has 140 valence electrons. The third-order valence-electron chi connectivity index (χ3n) is 4.17. The molecule has 0 saturated carbocycles. The fraction of sp³-hybridized carbons (Fsp3) is 1.00. The molecule has 0 aromatic heterocycles. The van der Waals surface area contributed by atoms with Gasteiger partial charge >= 0.3 is 0 Å². The number of rotatable bonds is 20. The molecular weight excluding hydrogens is 304 g/mol. The Morgan fingerprint density at radius 3 is 1.65 bits per heavy atom. The van der Waals surface area contributed by atoms with Gasteiger partial charge in [-0.1, -0.05) is 71.1 Å². The summed E-state index contributed by atoms with van der Waals surface area (Å²) in [5, 5.41) is 8.68. The molecule has 0 radical (unpaired) electrons. The Hall–Kier alpha value is 0.270.